The number of hydrogen-bond acceptors (Lipinski definition) is 17. The first kappa shape index (κ1) is 36.8. The second-order valence-corrected chi connectivity index (χ2v) is 10.5. The van der Waals surface area contributed by atoms with E-state index >= 15 is 0 Å². The number of esters is 7. The number of hydrogen-bond donors (Lipinski definition) is 0. The van der Waals surface area contributed by atoms with E-state index in [2.05, 4.69) is 15.9 Å². The van der Waals surface area contributed by atoms with E-state index in [1.807, 2.05) is 0 Å². The van der Waals surface area contributed by atoms with Gasteiger partial charge in [0.25, 0.3) is 0 Å². The van der Waals surface area contributed by atoms with Gasteiger partial charge in [-0.1, -0.05) is 15.9 Å². The molecule has 2 aliphatic rings. The molecule has 2 rings (SSSR count). The lowest BCUT2D eigenvalue weighted by Crippen LogP contribution is -2.66. The molecule has 44 heavy (non-hydrogen) atoms. The Morgan fingerprint density at radius 1 is 0.477 bits per heavy atom. The maximum atomic E-state index is 12.2. The fourth-order valence-electron chi connectivity index (χ4n) is 4.46. The molecule has 0 spiro atoms. The Balaban J connectivity index is 2.66. The van der Waals surface area contributed by atoms with E-state index in [9.17, 15) is 33.6 Å². The topological polar surface area (TPSA) is 212 Å². The van der Waals surface area contributed by atoms with Crippen molar-refractivity contribution in [3.63, 3.8) is 0 Å². The molecule has 17 nitrogen and oxygen atoms in total. The van der Waals surface area contributed by atoms with Gasteiger partial charge in [0.2, 0.25) is 0 Å². The van der Waals surface area contributed by atoms with Crippen LogP contribution in [0.25, 0.3) is 0 Å². The molecule has 0 bridgehead atoms. The third kappa shape index (κ3) is 11.0. The van der Waals surface area contributed by atoms with Crippen molar-refractivity contribution < 1.29 is 80.9 Å². The molecule has 2 saturated heterocycles. The minimum Gasteiger partial charge on any atom is -0.463 e. The van der Waals surface area contributed by atoms with Gasteiger partial charge in [-0.05, 0) is 0 Å². The van der Waals surface area contributed by atoms with Crippen LogP contribution in [0.2, 0.25) is 0 Å². The number of alkyl halides is 1. The van der Waals surface area contributed by atoms with Gasteiger partial charge >= 0.3 is 41.8 Å². The van der Waals surface area contributed by atoms with Gasteiger partial charge in [-0.15, -0.1) is 0 Å². The lowest BCUT2D eigenvalue weighted by atomic mass is 9.96. The minimum atomic E-state index is -1.73. The van der Waals surface area contributed by atoms with Crippen LogP contribution < -0.4 is 0 Å². The van der Waals surface area contributed by atoms with Crippen LogP contribution >= 0.6 is 15.9 Å². The van der Waals surface area contributed by atoms with Crippen LogP contribution in [0.1, 0.15) is 48.5 Å². The second-order valence-electron chi connectivity index (χ2n) is 9.64. The summed E-state index contributed by atoms with van der Waals surface area (Å²) in [6, 6.07) is 0. The fourth-order valence-corrected chi connectivity index (χ4v) is 5.15. The summed E-state index contributed by atoms with van der Waals surface area (Å²) < 4.78 is 55.2. The van der Waals surface area contributed by atoms with Gasteiger partial charge in [-0.3, -0.25) is 33.6 Å². The SMILES string of the molecule is CC(=O)OC[C@H]1O[C@@H](O[C@H]2[C@H](OC(C)=O)[C@@H](OC(C)=O)[C@H](Br)O[C@@H]2COC(C)=O)[C@H](OC(C)=O)[C@@H](OC(C)=O)[C@H]1OC(C)=O. The standard InChI is InChI=1S/C26H35BrO17/c1-10(28)35-8-17-20(21(38-13(4)31)23(25(27)42-17)40-15(6)33)44-26-24(41-16(7)34)22(39-14(5)32)19(37-12(3)30)18(43-26)9-36-11(2)29/h17-26H,8-9H2,1-7H3/t17-,18-,19+,20-,21+,22+,23-,24-,25-,26+/m1/s1. The third-order valence-electron chi connectivity index (χ3n) is 5.87. The van der Waals surface area contributed by atoms with Crippen molar-refractivity contribution in [1.29, 1.82) is 0 Å². The van der Waals surface area contributed by atoms with Crippen LogP contribution in [0.15, 0.2) is 0 Å². The van der Waals surface area contributed by atoms with Crippen molar-refractivity contribution >= 4 is 57.7 Å². The highest BCUT2D eigenvalue weighted by molar-refractivity contribution is 9.09. The molecule has 0 aliphatic carbocycles. The first-order chi connectivity index (χ1) is 20.5. The van der Waals surface area contributed by atoms with E-state index in [4.69, 9.17) is 47.4 Å². The first-order valence-corrected chi connectivity index (χ1v) is 14.1. The maximum absolute atomic E-state index is 12.2. The van der Waals surface area contributed by atoms with Gasteiger partial charge in [0.15, 0.2) is 41.8 Å². The molecule has 248 valence electrons. The summed E-state index contributed by atoms with van der Waals surface area (Å²) >= 11 is 3.23. The summed E-state index contributed by atoms with van der Waals surface area (Å²) in [7, 11) is 0. The van der Waals surface area contributed by atoms with Crippen LogP contribution in [-0.4, -0.2) is 115 Å². The summed E-state index contributed by atoms with van der Waals surface area (Å²) in [5.41, 5.74) is 0. The Morgan fingerprint density at radius 2 is 0.841 bits per heavy atom. The van der Waals surface area contributed by atoms with Crippen molar-refractivity contribution in [2.24, 2.45) is 0 Å². The van der Waals surface area contributed by atoms with Crippen molar-refractivity contribution in [1.82, 2.24) is 0 Å². The van der Waals surface area contributed by atoms with Crippen LogP contribution in [0.5, 0.6) is 0 Å². The van der Waals surface area contributed by atoms with Gasteiger partial charge in [0, 0.05) is 48.5 Å². The lowest BCUT2D eigenvalue weighted by molar-refractivity contribution is -0.341. The number of carbonyl (C=O) groups excluding carboxylic acids is 7. The zero-order valence-electron chi connectivity index (χ0n) is 25.0. The minimum absolute atomic E-state index is 0.460. The van der Waals surface area contributed by atoms with Crippen molar-refractivity contribution in [3.8, 4) is 0 Å². The molecular weight excluding hydrogens is 664 g/mol. The molecule has 10 atom stereocenters. The summed E-state index contributed by atoms with van der Waals surface area (Å²) in [6.45, 7) is 6.57. The van der Waals surface area contributed by atoms with Gasteiger partial charge < -0.3 is 47.4 Å². The molecule has 2 fully saturated rings. The Kier molecular flexibility index (Phi) is 13.9. The van der Waals surface area contributed by atoms with E-state index in [1.165, 1.54) is 0 Å². The molecule has 2 aliphatic heterocycles. The van der Waals surface area contributed by atoms with Gasteiger partial charge in [0.05, 0.1) is 0 Å². The largest absolute Gasteiger partial charge is 0.463 e. The highest BCUT2D eigenvalue weighted by atomic mass is 79.9. The average Bonchev–Trinajstić information content (AvgIpc) is 2.87. The molecule has 0 saturated carbocycles. The van der Waals surface area contributed by atoms with Crippen LogP contribution in [0.3, 0.4) is 0 Å². The average molecular weight is 699 g/mol. The van der Waals surface area contributed by atoms with Gasteiger partial charge in [-0.25, -0.2) is 0 Å². The highest BCUT2D eigenvalue weighted by Crippen LogP contribution is 2.36. The summed E-state index contributed by atoms with van der Waals surface area (Å²) in [5, 5.41) is -1.09. The molecule has 0 aromatic carbocycles. The van der Waals surface area contributed by atoms with E-state index < -0.39 is 115 Å². The number of rotatable bonds is 11. The van der Waals surface area contributed by atoms with Crippen LogP contribution in [0.4, 0.5) is 0 Å². The zero-order valence-corrected chi connectivity index (χ0v) is 26.6. The van der Waals surface area contributed by atoms with Crippen molar-refractivity contribution in [2.45, 2.75) is 109 Å². The van der Waals surface area contributed by atoms with E-state index in [0.717, 1.165) is 48.5 Å². The monoisotopic (exact) mass is 698 g/mol. The molecule has 0 radical (unpaired) electrons. The Bertz CT molecular complexity index is 1090. The van der Waals surface area contributed by atoms with Crippen LogP contribution in [-0.2, 0) is 80.9 Å². The molecular formula is C26H35BrO17. The van der Waals surface area contributed by atoms with Crippen LogP contribution in [0, 0.1) is 0 Å². The van der Waals surface area contributed by atoms with E-state index in [1.54, 1.807) is 0 Å². The Morgan fingerprint density at radius 3 is 1.27 bits per heavy atom. The number of ether oxygens (including phenoxy) is 10. The number of carbonyl (C=O) groups is 7. The summed E-state index contributed by atoms with van der Waals surface area (Å²) in [4.78, 5) is 83.8. The van der Waals surface area contributed by atoms with E-state index in [-0.39, 0.29) is 0 Å². The third-order valence-corrected chi connectivity index (χ3v) is 6.61. The van der Waals surface area contributed by atoms with Crippen molar-refractivity contribution in [3.05, 3.63) is 0 Å². The smallest absolute Gasteiger partial charge is 0.303 e. The molecule has 0 N–H and O–H groups in total. The normalized spacial score (nSPS) is 31.5. The zero-order chi connectivity index (χ0) is 33.3. The molecule has 0 amide bonds. The Labute approximate surface area is 260 Å². The highest BCUT2D eigenvalue weighted by Gasteiger charge is 2.57. The molecule has 18 heteroatoms. The molecule has 0 unspecified atom stereocenters. The number of halogens is 1. The fraction of sp³-hybridized carbons (Fsp3) is 0.731. The molecule has 2 heterocycles. The predicted molar refractivity (Wildman–Crippen MR) is 142 cm³/mol. The summed E-state index contributed by atoms with van der Waals surface area (Å²) in [5.74, 6) is -5.63. The van der Waals surface area contributed by atoms with Gasteiger partial charge in [-0.2, -0.15) is 0 Å². The van der Waals surface area contributed by atoms with E-state index in [0.29, 0.717) is 0 Å². The molecule has 0 aromatic heterocycles. The predicted octanol–water partition coefficient (Wildman–Crippen LogP) is 0.00100. The lowest BCUT2D eigenvalue weighted by Gasteiger charge is -2.48. The second kappa shape index (κ2) is 16.6. The molecule has 0 aromatic rings. The quantitative estimate of drug-likeness (QED) is 0.158. The van der Waals surface area contributed by atoms with Crippen molar-refractivity contribution in [2.75, 3.05) is 13.2 Å². The van der Waals surface area contributed by atoms with Gasteiger partial charge in [0.1, 0.15) is 31.5 Å². The summed E-state index contributed by atoms with van der Waals surface area (Å²) in [6.07, 6.45) is -13.2. The Hall–Kier alpha value is -3.35. The maximum Gasteiger partial charge on any atom is 0.303 e. The first-order valence-electron chi connectivity index (χ1n) is 13.2.